The summed E-state index contributed by atoms with van der Waals surface area (Å²) in [6.07, 6.45) is 0. The van der Waals surface area contributed by atoms with E-state index in [1.807, 2.05) is 30.3 Å². The second-order valence-electron chi connectivity index (χ2n) is 3.95. The number of nitrogens with zero attached hydrogens (tertiary/aromatic N) is 1. The number of aliphatic imine (C=N–C) groups is 1. The lowest BCUT2D eigenvalue weighted by Crippen LogP contribution is -2.23. The Kier molecular flexibility index (Phi) is 3.74. The van der Waals surface area contributed by atoms with Crippen LogP contribution in [0.2, 0.25) is 0 Å². The summed E-state index contributed by atoms with van der Waals surface area (Å²) >= 11 is 1.09. The van der Waals surface area contributed by atoms with E-state index < -0.39 is 5.92 Å². The van der Waals surface area contributed by atoms with Crippen LogP contribution >= 0.6 is 11.8 Å². The van der Waals surface area contributed by atoms with Crippen LogP contribution in [-0.4, -0.2) is 22.4 Å². The van der Waals surface area contributed by atoms with Crippen LogP contribution in [0.3, 0.4) is 0 Å². The zero-order chi connectivity index (χ0) is 12.3. The van der Waals surface area contributed by atoms with Crippen molar-refractivity contribution in [1.29, 1.82) is 0 Å². The molecule has 1 aliphatic rings. The van der Waals surface area contributed by atoms with Crippen molar-refractivity contribution in [2.24, 2.45) is 10.9 Å². The topological polar surface area (TPSA) is 46.5 Å². The summed E-state index contributed by atoms with van der Waals surface area (Å²) in [7, 11) is 0. The Morgan fingerprint density at radius 2 is 2.06 bits per heavy atom. The van der Waals surface area contributed by atoms with Crippen LogP contribution in [0.1, 0.15) is 12.5 Å². The van der Waals surface area contributed by atoms with E-state index >= 15 is 0 Å². The molecule has 0 saturated carbocycles. The molecule has 1 aromatic rings. The molecule has 0 radical (unpaired) electrons. The second kappa shape index (κ2) is 5.27. The number of carbonyl (C=O) groups is 2. The van der Waals surface area contributed by atoms with E-state index in [4.69, 9.17) is 0 Å². The maximum Gasteiger partial charge on any atom is 0.205 e. The fourth-order valence-corrected chi connectivity index (χ4v) is 2.65. The SMILES string of the molecule is CC(=NCc1ccccc1)C1C(=O)CSC1=O. The maximum absolute atomic E-state index is 11.5. The molecule has 1 atom stereocenters. The number of hydrogen-bond acceptors (Lipinski definition) is 4. The van der Waals surface area contributed by atoms with Crippen LogP contribution in [0.4, 0.5) is 0 Å². The first-order valence-corrected chi connectivity index (χ1v) is 6.41. The Morgan fingerprint density at radius 1 is 1.35 bits per heavy atom. The van der Waals surface area contributed by atoms with Gasteiger partial charge in [0, 0.05) is 5.71 Å². The van der Waals surface area contributed by atoms with Crippen molar-refractivity contribution < 1.29 is 9.59 Å². The smallest absolute Gasteiger partial charge is 0.205 e. The van der Waals surface area contributed by atoms with E-state index in [2.05, 4.69) is 4.99 Å². The summed E-state index contributed by atoms with van der Waals surface area (Å²) in [5, 5.41) is -0.0655. The highest BCUT2D eigenvalue weighted by Gasteiger charge is 2.35. The number of hydrogen-bond donors (Lipinski definition) is 0. The predicted octanol–water partition coefficient (Wildman–Crippen LogP) is 2.11. The highest BCUT2D eigenvalue weighted by atomic mass is 32.2. The van der Waals surface area contributed by atoms with Crippen molar-refractivity contribution >= 4 is 28.4 Å². The molecule has 88 valence electrons. The van der Waals surface area contributed by atoms with Crippen LogP contribution in [0, 0.1) is 5.92 Å². The molecule has 0 spiro atoms. The summed E-state index contributed by atoms with van der Waals surface area (Å²) < 4.78 is 0. The molecule has 3 nitrogen and oxygen atoms in total. The summed E-state index contributed by atoms with van der Waals surface area (Å²) in [4.78, 5) is 27.4. The lowest BCUT2D eigenvalue weighted by Gasteiger charge is -2.05. The van der Waals surface area contributed by atoms with Crippen molar-refractivity contribution in [3.05, 3.63) is 35.9 Å². The molecule has 0 amide bonds. The molecule has 1 saturated heterocycles. The molecule has 0 aromatic heterocycles. The first kappa shape index (κ1) is 12.0. The third-order valence-electron chi connectivity index (χ3n) is 2.69. The molecule has 1 fully saturated rings. The number of carbonyl (C=O) groups excluding carboxylic acids is 2. The first-order chi connectivity index (χ1) is 8.18. The van der Waals surface area contributed by atoms with Gasteiger partial charge >= 0.3 is 0 Å². The monoisotopic (exact) mass is 247 g/mol. The third-order valence-corrected chi connectivity index (χ3v) is 3.64. The molecular formula is C13H13NO2S. The molecule has 17 heavy (non-hydrogen) atoms. The van der Waals surface area contributed by atoms with E-state index in [0.717, 1.165) is 17.3 Å². The quantitative estimate of drug-likeness (QED) is 0.607. The molecule has 2 rings (SSSR count). The lowest BCUT2D eigenvalue weighted by atomic mass is 10.0. The normalized spacial score (nSPS) is 21.0. The summed E-state index contributed by atoms with van der Waals surface area (Å²) in [5.41, 5.74) is 1.71. The van der Waals surface area contributed by atoms with Crippen molar-refractivity contribution in [2.45, 2.75) is 13.5 Å². The number of ketones is 1. The average molecular weight is 247 g/mol. The molecule has 0 aliphatic carbocycles. The lowest BCUT2D eigenvalue weighted by molar-refractivity contribution is -0.122. The molecule has 1 aliphatic heterocycles. The van der Waals surface area contributed by atoms with E-state index in [-0.39, 0.29) is 10.9 Å². The number of benzene rings is 1. The Balaban J connectivity index is 2.07. The fraction of sp³-hybridized carbons (Fsp3) is 0.308. The minimum absolute atomic E-state index is 0.0192. The van der Waals surface area contributed by atoms with Crippen LogP contribution in [0.5, 0.6) is 0 Å². The van der Waals surface area contributed by atoms with Gasteiger partial charge in [0.1, 0.15) is 5.92 Å². The van der Waals surface area contributed by atoms with Gasteiger partial charge in [0.15, 0.2) is 5.78 Å². The zero-order valence-corrected chi connectivity index (χ0v) is 10.4. The summed E-state index contributed by atoms with van der Waals surface area (Å²) in [6.45, 7) is 2.28. The van der Waals surface area contributed by atoms with Crippen molar-refractivity contribution in [2.75, 3.05) is 5.75 Å². The van der Waals surface area contributed by atoms with Gasteiger partial charge in [-0.05, 0) is 12.5 Å². The standard InChI is InChI=1S/C13H13NO2S/c1-9(12-11(15)8-17-13(12)16)14-7-10-5-3-2-4-6-10/h2-6,12H,7-8H2,1H3. The maximum atomic E-state index is 11.5. The molecule has 0 N–H and O–H groups in total. The van der Waals surface area contributed by atoms with Gasteiger partial charge in [-0.1, -0.05) is 42.1 Å². The molecule has 1 aromatic carbocycles. The Labute approximate surface area is 104 Å². The minimum Gasteiger partial charge on any atom is -0.297 e. The Morgan fingerprint density at radius 3 is 2.65 bits per heavy atom. The van der Waals surface area contributed by atoms with Crippen LogP contribution in [0.25, 0.3) is 0 Å². The van der Waals surface area contributed by atoms with Crippen LogP contribution in [0.15, 0.2) is 35.3 Å². The number of rotatable bonds is 3. The van der Waals surface area contributed by atoms with Crippen molar-refractivity contribution in [3.8, 4) is 0 Å². The Hall–Kier alpha value is -1.42. The van der Waals surface area contributed by atoms with E-state index in [0.29, 0.717) is 18.0 Å². The van der Waals surface area contributed by atoms with Gasteiger partial charge in [0.25, 0.3) is 0 Å². The molecule has 4 heteroatoms. The third kappa shape index (κ3) is 2.82. The van der Waals surface area contributed by atoms with Gasteiger partial charge in [-0.25, -0.2) is 0 Å². The number of Topliss-reactive ketones (excluding diaryl/α,β-unsaturated/α-hetero) is 1. The molecule has 0 bridgehead atoms. The first-order valence-electron chi connectivity index (χ1n) is 5.42. The molecule has 1 heterocycles. The average Bonchev–Trinajstić information content (AvgIpc) is 2.67. The van der Waals surface area contributed by atoms with Gasteiger partial charge in [-0.3, -0.25) is 14.6 Å². The second-order valence-corrected chi connectivity index (χ2v) is 4.93. The van der Waals surface area contributed by atoms with Gasteiger partial charge in [0.2, 0.25) is 5.12 Å². The van der Waals surface area contributed by atoms with Gasteiger partial charge in [-0.2, -0.15) is 0 Å². The summed E-state index contributed by atoms with van der Waals surface area (Å²) in [6, 6.07) is 9.79. The van der Waals surface area contributed by atoms with Crippen molar-refractivity contribution in [3.63, 3.8) is 0 Å². The van der Waals surface area contributed by atoms with Crippen LogP contribution in [-0.2, 0) is 16.1 Å². The Bertz CT molecular complexity index is 452. The van der Waals surface area contributed by atoms with Gasteiger partial charge < -0.3 is 0 Å². The molecule has 1 unspecified atom stereocenters. The van der Waals surface area contributed by atoms with Gasteiger partial charge in [0.05, 0.1) is 12.3 Å². The van der Waals surface area contributed by atoms with Gasteiger partial charge in [-0.15, -0.1) is 0 Å². The van der Waals surface area contributed by atoms with Crippen LogP contribution < -0.4 is 0 Å². The van der Waals surface area contributed by atoms with Crippen molar-refractivity contribution in [1.82, 2.24) is 0 Å². The highest BCUT2D eigenvalue weighted by Crippen LogP contribution is 2.24. The zero-order valence-electron chi connectivity index (χ0n) is 9.55. The summed E-state index contributed by atoms with van der Waals surface area (Å²) in [5.74, 6) is -0.333. The largest absolute Gasteiger partial charge is 0.297 e. The van der Waals surface area contributed by atoms with E-state index in [1.54, 1.807) is 6.92 Å². The predicted molar refractivity (Wildman–Crippen MR) is 69.2 cm³/mol. The van der Waals surface area contributed by atoms with E-state index in [1.165, 1.54) is 0 Å². The minimum atomic E-state index is -0.608. The fourth-order valence-electron chi connectivity index (χ4n) is 1.73. The number of thioether (sulfide) groups is 1. The highest BCUT2D eigenvalue weighted by molar-refractivity contribution is 8.15. The van der Waals surface area contributed by atoms with E-state index in [9.17, 15) is 9.59 Å². The molecular weight excluding hydrogens is 234 g/mol.